The van der Waals surface area contributed by atoms with E-state index in [0.717, 1.165) is 31.7 Å². The lowest BCUT2D eigenvalue weighted by Crippen LogP contribution is -2.26. The molecule has 1 heterocycles. The van der Waals surface area contributed by atoms with Crippen LogP contribution >= 0.6 is 12.6 Å². The number of hydrogen-bond acceptors (Lipinski definition) is 2. The molecule has 3 heteroatoms. The number of carbonyl (C=O) groups is 1. The summed E-state index contributed by atoms with van der Waals surface area (Å²) in [5, 5.41) is 0. The van der Waals surface area contributed by atoms with Crippen LogP contribution in [-0.2, 0) is 4.79 Å². The van der Waals surface area contributed by atoms with Gasteiger partial charge in [-0.05, 0) is 24.5 Å². The predicted octanol–water partition coefficient (Wildman–Crippen LogP) is 1.95. The molecule has 0 aliphatic carbocycles. The monoisotopic (exact) mass is 201 g/mol. The summed E-state index contributed by atoms with van der Waals surface area (Å²) in [6, 6.07) is 0. The third kappa shape index (κ3) is 3.22. The van der Waals surface area contributed by atoms with E-state index in [4.69, 9.17) is 0 Å². The van der Waals surface area contributed by atoms with Crippen molar-refractivity contribution < 1.29 is 4.79 Å². The number of thiol groups is 1. The van der Waals surface area contributed by atoms with Crippen molar-refractivity contribution in [1.82, 2.24) is 4.90 Å². The summed E-state index contributed by atoms with van der Waals surface area (Å²) in [6.07, 6.45) is 4.19. The summed E-state index contributed by atoms with van der Waals surface area (Å²) in [5.41, 5.74) is 0. The van der Waals surface area contributed by atoms with Gasteiger partial charge in [0.1, 0.15) is 0 Å². The lowest BCUT2D eigenvalue weighted by atomic mass is 10.0. The van der Waals surface area contributed by atoms with Gasteiger partial charge in [0.05, 0.1) is 0 Å². The second-order valence-corrected chi connectivity index (χ2v) is 4.22. The molecule has 0 aromatic rings. The fourth-order valence-corrected chi connectivity index (χ4v) is 2.07. The topological polar surface area (TPSA) is 20.3 Å². The number of nitrogens with zero attached hydrogens (tertiary/aromatic N) is 1. The third-order valence-corrected chi connectivity index (χ3v) is 2.89. The molecule has 2 nitrogen and oxygen atoms in total. The van der Waals surface area contributed by atoms with E-state index in [-0.39, 0.29) is 0 Å². The highest BCUT2D eigenvalue weighted by molar-refractivity contribution is 7.80. The van der Waals surface area contributed by atoms with Gasteiger partial charge in [-0.15, -0.1) is 0 Å². The second kappa shape index (κ2) is 5.53. The smallest absolute Gasteiger partial charge is 0.222 e. The van der Waals surface area contributed by atoms with E-state index in [0.29, 0.717) is 11.8 Å². The van der Waals surface area contributed by atoms with Crippen LogP contribution in [0.15, 0.2) is 0 Å². The first kappa shape index (κ1) is 10.9. The van der Waals surface area contributed by atoms with E-state index >= 15 is 0 Å². The molecule has 1 rings (SSSR count). The fraction of sp³-hybridized carbons (Fsp3) is 0.900. The summed E-state index contributed by atoms with van der Waals surface area (Å²) in [6.45, 7) is 4.07. The summed E-state index contributed by atoms with van der Waals surface area (Å²) >= 11 is 4.15. The molecule has 0 N–H and O–H groups in total. The Morgan fingerprint density at radius 1 is 1.62 bits per heavy atom. The normalized spacial score (nSPS) is 22.8. The van der Waals surface area contributed by atoms with E-state index in [1.165, 1.54) is 12.8 Å². The molecule has 13 heavy (non-hydrogen) atoms. The van der Waals surface area contributed by atoms with Gasteiger partial charge in [0.2, 0.25) is 5.91 Å². The van der Waals surface area contributed by atoms with Crippen LogP contribution in [0.5, 0.6) is 0 Å². The van der Waals surface area contributed by atoms with Gasteiger partial charge in [-0.25, -0.2) is 0 Å². The molecule has 0 spiro atoms. The van der Waals surface area contributed by atoms with Crippen molar-refractivity contribution in [2.45, 2.75) is 32.6 Å². The summed E-state index contributed by atoms with van der Waals surface area (Å²) < 4.78 is 0. The van der Waals surface area contributed by atoms with Crippen LogP contribution in [-0.4, -0.2) is 29.6 Å². The zero-order chi connectivity index (χ0) is 9.68. The highest BCUT2D eigenvalue weighted by Crippen LogP contribution is 2.21. The quantitative estimate of drug-likeness (QED) is 0.674. The van der Waals surface area contributed by atoms with Crippen LogP contribution in [0, 0.1) is 5.92 Å². The molecule has 1 amide bonds. The number of amides is 1. The number of likely N-dealkylation sites (tertiary alicyclic amines) is 1. The molecule has 1 atom stereocenters. The molecule has 1 fully saturated rings. The Balaban J connectivity index is 2.28. The maximum absolute atomic E-state index is 11.5. The van der Waals surface area contributed by atoms with Crippen LogP contribution in [0.4, 0.5) is 0 Å². The highest BCUT2D eigenvalue weighted by atomic mass is 32.1. The Hall–Kier alpha value is -0.180. The van der Waals surface area contributed by atoms with Gasteiger partial charge in [-0.3, -0.25) is 4.79 Å². The third-order valence-electron chi connectivity index (χ3n) is 2.58. The maximum Gasteiger partial charge on any atom is 0.222 e. The lowest BCUT2D eigenvalue weighted by molar-refractivity contribution is -0.127. The molecule has 0 aromatic carbocycles. The van der Waals surface area contributed by atoms with Gasteiger partial charge in [0.15, 0.2) is 0 Å². The molecule has 0 radical (unpaired) electrons. The largest absolute Gasteiger partial charge is 0.342 e. The van der Waals surface area contributed by atoms with Crippen LogP contribution < -0.4 is 0 Å². The van der Waals surface area contributed by atoms with Crippen LogP contribution in [0.3, 0.4) is 0 Å². The molecule has 1 aliphatic rings. The minimum absolute atomic E-state index is 0.347. The minimum atomic E-state index is 0.347. The first-order valence-corrected chi connectivity index (χ1v) is 5.79. The first-order valence-electron chi connectivity index (χ1n) is 5.16. The molecule has 1 saturated heterocycles. The molecule has 0 bridgehead atoms. The van der Waals surface area contributed by atoms with E-state index in [1.54, 1.807) is 0 Å². The SMILES string of the molecule is CCCC1CC(=O)N(CCCS)C1. The molecular formula is C10H19NOS. The standard InChI is InChI=1S/C10H19NOS/c1-2-4-9-7-10(12)11(8-9)5-3-6-13/h9,13H,2-8H2,1H3. The Morgan fingerprint density at radius 2 is 2.38 bits per heavy atom. The van der Waals surface area contributed by atoms with Crippen molar-refractivity contribution in [3.05, 3.63) is 0 Å². The van der Waals surface area contributed by atoms with E-state index in [1.807, 2.05) is 4.90 Å². The number of hydrogen-bond donors (Lipinski definition) is 1. The Bertz CT molecular complexity index is 172. The average molecular weight is 201 g/mol. The minimum Gasteiger partial charge on any atom is -0.342 e. The second-order valence-electron chi connectivity index (χ2n) is 3.78. The zero-order valence-electron chi connectivity index (χ0n) is 8.33. The summed E-state index contributed by atoms with van der Waals surface area (Å²) in [4.78, 5) is 13.5. The van der Waals surface area contributed by atoms with Crippen molar-refractivity contribution >= 4 is 18.5 Å². The van der Waals surface area contributed by atoms with Gasteiger partial charge in [0, 0.05) is 19.5 Å². The van der Waals surface area contributed by atoms with E-state index < -0.39 is 0 Å². The average Bonchev–Trinajstić information content (AvgIpc) is 2.44. The Labute approximate surface area is 86.1 Å². The Kier molecular flexibility index (Phi) is 4.64. The van der Waals surface area contributed by atoms with Gasteiger partial charge >= 0.3 is 0 Å². The van der Waals surface area contributed by atoms with Crippen LogP contribution in [0.25, 0.3) is 0 Å². The van der Waals surface area contributed by atoms with Crippen LogP contribution in [0.1, 0.15) is 32.6 Å². The first-order chi connectivity index (χ1) is 6.27. The van der Waals surface area contributed by atoms with Crippen molar-refractivity contribution in [3.8, 4) is 0 Å². The predicted molar refractivity (Wildman–Crippen MR) is 58.1 cm³/mol. The van der Waals surface area contributed by atoms with Gasteiger partial charge in [0.25, 0.3) is 0 Å². The Morgan fingerprint density at radius 3 is 3.00 bits per heavy atom. The number of rotatable bonds is 5. The van der Waals surface area contributed by atoms with Gasteiger partial charge in [-0.1, -0.05) is 13.3 Å². The molecule has 0 aromatic heterocycles. The number of carbonyl (C=O) groups excluding carboxylic acids is 1. The van der Waals surface area contributed by atoms with Crippen molar-refractivity contribution in [3.63, 3.8) is 0 Å². The zero-order valence-corrected chi connectivity index (χ0v) is 9.22. The van der Waals surface area contributed by atoms with Crippen LogP contribution in [0.2, 0.25) is 0 Å². The lowest BCUT2D eigenvalue weighted by Gasteiger charge is -2.15. The maximum atomic E-state index is 11.5. The van der Waals surface area contributed by atoms with Crippen molar-refractivity contribution in [1.29, 1.82) is 0 Å². The molecule has 1 aliphatic heterocycles. The fourth-order valence-electron chi connectivity index (χ4n) is 1.93. The van der Waals surface area contributed by atoms with E-state index in [2.05, 4.69) is 19.6 Å². The molecule has 1 unspecified atom stereocenters. The summed E-state index contributed by atoms with van der Waals surface area (Å²) in [7, 11) is 0. The van der Waals surface area contributed by atoms with Crippen molar-refractivity contribution in [2.75, 3.05) is 18.8 Å². The van der Waals surface area contributed by atoms with Gasteiger partial charge < -0.3 is 4.90 Å². The highest BCUT2D eigenvalue weighted by Gasteiger charge is 2.27. The van der Waals surface area contributed by atoms with Crippen molar-refractivity contribution in [2.24, 2.45) is 5.92 Å². The van der Waals surface area contributed by atoms with E-state index in [9.17, 15) is 4.79 Å². The molecular weight excluding hydrogens is 182 g/mol. The molecule has 0 saturated carbocycles. The van der Waals surface area contributed by atoms with Gasteiger partial charge in [-0.2, -0.15) is 12.6 Å². The summed E-state index contributed by atoms with van der Waals surface area (Å²) in [5.74, 6) is 1.85. The molecule has 76 valence electrons.